The van der Waals surface area contributed by atoms with Crippen molar-refractivity contribution in [1.29, 1.82) is 0 Å². The van der Waals surface area contributed by atoms with Crippen LogP contribution in [0.5, 0.6) is 5.75 Å². The average Bonchev–Trinajstić information content (AvgIpc) is 3.34. The van der Waals surface area contributed by atoms with Crippen molar-refractivity contribution in [3.05, 3.63) is 29.3 Å². The van der Waals surface area contributed by atoms with E-state index in [-0.39, 0.29) is 11.5 Å². The molecule has 1 aromatic carbocycles. The highest BCUT2D eigenvalue weighted by Crippen LogP contribution is 2.58. The van der Waals surface area contributed by atoms with Gasteiger partial charge in [0.25, 0.3) is 0 Å². The van der Waals surface area contributed by atoms with Crippen LogP contribution in [0, 0.1) is 5.92 Å². The molecule has 3 fully saturated rings. The van der Waals surface area contributed by atoms with E-state index in [9.17, 15) is 10.2 Å². The zero-order chi connectivity index (χ0) is 15.7. The van der Waals surface area contributed by atoms with Crippen molar-refractivity contribution < 1.29 is 10.2 Å². The number of hydrogen-bond acceptors (Lipinski definition) is 3. The summed E-state index contributed by atoms with van der Waals surface area (Å²) in [5.74, 6) is 1.22. The minimum Gasteiger partial charge on any atom is -0.508 e. The number of aliphatic hydroxyl groups is 1. The molecule has 1 saturated heterocycles. The number of fused-ring (bicyclic) bond motifs is 1. The Hall–Kier alpha value is -1.06. The number of likely N-dealkylation sites (tertiary alicyclic amines) is 1. The fourth-order valence-corrected chi connectivity index (χ4v) is 5.94. The minimum atomic E-state index is -0.598. The van der Waals surface area contributed by atoms with Gasteiger partial charge in [-0.3, -0.25) is 4.90 Å². The zero-order valence-corrected chi connectivity index (χ0v) is 13.8. The summed E-state index contributed by atoms with van der Waals surface area (Å²) in [5.41, 5.74) is 1.89. The van der Waals surface area contributed by atoms with Crippen LogP contribution in [0.2, 0.25) is 0 Å². The van der Waals surface area contributed by atoms with Gasteiger partial charge in [0.15, 0.2) is 0 Å². The molecule has 3 aliphatic carbocycles. The molecule has 0 unspecified atom stereocenters. The van der Waals surface area contributed by atoms with Crippen molar-refractivity contribution in [3.8, 4) is 5.75 Å². The summed E-state index contributed by atoms with van der Waals surface area (Å²) in [7, 11) is 0. The first kappa shape index (κ1) is 14.3. The molecule has 0 amide bonds. The highest BCUT2D eigenvalue weighted by Gasteiger charge is 2.63. The third kappa shape index (κ3) is 1.90. The largest absolute Gasteiger partial charge is 0.508 e. The number of phenols is 1. The lowest BCUT2D eigenvalue weighted by Crippen LogP contribution is -2.72. The highest BCUT2D eigenvalue weighted by molar-refractivity contribution is 5.48. The normalized spacial score (nSPS) is 39.6. The van der Waals surface area contributed by atoms with E-state index in [0.717, 1.165) is 44.6 Å². The fraction of sp³-hybridized carbons (Fsp3) is 0.700. The van der Waals surface area contributed by atoms with Gasteiger partial charge in [-0.15, -0.1) is 0 Å². The van der Waals surface area contributed by atoms with Crippen molar-refractivity contribution in [2.45, 2.75) is 68.4 Å². The Labute approximate surface area is 138 Å². The van der Waals surface area contributed by atoms with Crippen LogP contribution in [0.3, 0.4) is 0 Å². The Morgan fingerprint density at radius 3 is 2.78 bits per heavy atom. The Balaban J connectivity index is 1.64. The maximum absolute atomic E-state index is 11.9. The van der Waals surface area contributed by atoms with Gasteiger partial charge in [0.05, 0.1) is 5.60 Å². The summed E-state index contributed by atoms with van der Waals surface area (Å²) in [6.45, 7) is 2.29. The molecular weight excluding hydrogens is 286 g/mol. The monoisotopic (exact) mass is 313 g/mol. The smallest absolute Gasteiger partial charge is 0.115 e. The van der Waals surface area contributed by atoms with Gasteiger partial charge in [0.1, 0.15) is 5.75 Å². The molecule has 0 aromatic heterocycles. The molecule has 1 heterocycles. The van der Waals surface area contributed by atoms with Gasteiger partial charge in [-0.25, -0.2) is 0 Å². The molecule has 0 radical (unpaired) electrons. The summed E-state index contributed by atoms with van der Waals surface area (Å²) in [6.07, 6.45) is 9.08. The first-order valence-corrected chi connectivity index (χ1v) is 9.41. The quantitative estimate of drug-likeness (QED) is 0.882. The molecule has 4 aliphatic rings. The Morgan fingerprint density at radius 1 is 1.13 bits per heavy atom. The number of aromatic hydroxyl groups is 1. The lowest BCUT2D eigenvalue weighted by atomic mass is 9.49. The van der Waals surface area contributed by atoms with Gasteiger partial charge in [-0.1, -0.05) is 18.9 Å². The van der Waals surface area contributed by atoms with Crippen LogP contribution < -0.4 is 0 Å². The Morgan fingerprint density at radius 2 is 1.96 bits per heavy atom. The third-order valence-electron chi connectivity index (χ3n) is 7.27. The molecule has 5 rings (SSSR count). The molecule has 2 N–H and O–H groups in total. The topological polar surface area (TPSA) is 43.7 Å². The van der Waals surface area contributed by atoms with Crippen molar-refractivity contribution in [2.75, 3.05) is 13.1 Å². The fourth-order valence-electron chi connectivity index (χ4n) is 5.94. The lowest BCUT2D eigenvalue weighted by molar-refractivity contribution is -0.166. The Bertz CT molecular complexity index is 641. The predicted octanol–water partition coefficient (Wildman–Crippen LogP) is 2.98. The van der Waals surface area contributed by atoms with Gasteiger partial charge < -0.3 is 10.2 Å². The summed E-state index contributed by atoms with van der Waals surface area (Å²) in [6, 6.07) is 6.16. The summed E-state index contributed by atoms with van der Waals surface area (Å²) in [5, 5.41) is 21.9. The highest BCUT2D eigenvalue weighted by atomic mass is 16.3. The van der Waals surface area contributed by atoms with Crippen molar-refractivity contribution in [3.63, 3.8) is 0 Å². The molecule has 3 nitrogen and oxygen atoms in total. The molecule has 2 bridgehead atoms. The standard InChI is InChI=1S/C20H27NO2/c22-16-6-5-15-11-18-20(23)8-2-1-7-19(20,17(15)12-16)9-10-21(18)13-14-3-4-14/h5-6,12,14,18,22-23H,1-4,7-11,13H2/t18-,19+,20+/m1/s1. The molecule has 1 aliphatic heterocycles. The van der Waals surface area contributed by atoms with E-state index in [1.165, 1.54) is 36.9 Å². The van der Waals surface area contributed by atoms with Crippen LogP contribution in [-0.2, 0) is 11.8 Å². The minimum absolute atomic E-state index is 0.123. The van der Waals surface area contributed by atoms with Crippen LogP contribution in [0.4, 0.5) is 0 Å². The third-order valence-corrected chi connectivity index (χ3v) is 7.27. The second-order valence-corrected chi connectivity index (χ2v) is 8.46. The number of piperidine rings is 1. The van der Waals surface area contributed by atoms with Crippen LogP contribution in [0.25, 0.3) is 0 Å². The number of benzene rings is 1. The van der Waals surface area contributed by atoms with E-state index in [0.29, 0.717) is 5.75 Å². The number of nitrogens with zero attached hydrogens (tertiary/aromatic N) is 1. The van der Waals surface area contributed by atoms with Crippen LogP contribution in [-0.4, -0.2) is 39.8 Å². The second kappa shape index (κ2) is 4.73. The van der Waals surface area contributed by atoms with Crippen LogP contribution in [0.1, 0.15) is 56.1 Å². The first-order chi connectivity index (χ1) is 11.1. The van der Waals surface area contributed by atoms with E-state index in [2.05, 4.69) is 11.0 Å². The molecule has 3 heteroatoms. The average molecular weight is 313 g/mol. The molecule has 23 heavy (non-hydrogen) atoms. The summed E-state index contributed by atoms with van der Waals surface area (Å²) < 4.78 is 0. The van der Waals surface area contributed by atoms with Crippen molar-refractivity contribution in [1.82, 2.24) is 4.90 Å². The van der Waals surface area contributed by atoms with Gasteiger partial charge in [0.2, 0.25) is 0 Å². The van der Waals surface area contributed by atoms with E-state index in [1.54, 1.807) is 0 Å². The Kier molecular flexibility index (Phi) is 2.94. The second-order valence-electron chi connectivity index (χ2n) is 8.46. The van der Waals surface area contributed by atoms with Crippen molar-refractivity contribution in [2.24, 2.45) is 5.92 Å². The first-order valence-electron chi connectivity index (χ1n) is 9.41. The van der Waals surface area contributed by atoms with Gasteiger partial charge in [0, 0.05) is 18.0 Å². The number of phenolic OH excluding ortho intramolecular Hbond substituents is 1. The molecule has 1 aromatic rings. The van der Waals surface area contributed by atoms with Gasteiger partial charge in [-0.2, -0.15) is 0 Å². The predicted molar refractivity (Wildman–Crippen MR) is 89.6 cm³/mol. The van der Waals surface area contributed by atoms with Crippen LogP contribution >= 0.6 is 0 Å². The maximum atomic E-state index is 11.9. The van der Waals surface area contributed by atoms with Gasteiger partial charge >= 0.3 is 0 Å². The lowest BCUT2D eigenvalue weighted by Gasteiger charge is -2.64. The van der Waals surface area contributed by atoms with Crippen molar-refractivity contribution >= 4 is 0 Å². The SMILES string of the molecule is Oc1ccc2c(c1)[C@@]13CCCC[C@]1(O)[C@@H](C2)N(CC1CC1)CC3. The molecular formula is C20H27NO2. The summed E-state index contributed by atoms with van der Waals surface area (Å²) in [4.78, 5) is 2.61. The molecule has 3 atom stereocenters. The van der Waals surface area contributed by atoms with Gasteiger partial charge in [-0.05, 0) is 74.2 Å². The van der Waals surface area contributed by atoms with Crippen LogP contribution in [0.15, 0.2) is 18.2 Å². The molecule has 2 saturated carbocycles. The number of hydrogen-bond donors (Lipinski definition) is 2. The maximum Gasteiger partial charge on any atom is 0.115 e. The molecule has 124 valence electrons. The van der Waals surface area contributed by atoms with E-state index >= 15 is 0 Å². The summed E-state index contributed by atoms with van der Waals surface area (Å²) >= 11 is 0. The molecule has 0 spiro atoms. The van der Waals surface area contributed by atoms with E-state index in [1.807, 2.05) is 12.1 Å². The van der Waals surface area contributed by atoms with E-state index in [4.69, 9.17) is 0 Å². The zero-order valence-electron chi connectivity index (χ0n) is 13.8. The van der Waals surface area contributed by atoms with E-state index < -0.39 is 5.60 Å². The number of rotatable bonds is 2.